The highest BCUT2D eigenvalue weighted by Crippen LogP contribution is 2.06. The number of hydrazone groups is 1. The van der Waals surface area contributed by atoms with Gasteiger partial charge in [-0.15, -0.1) is 5.10 Å². The zero-order chi connectivity index (χ0) is 8.36. The Bertz CT molecular complexity index is 133. The predicted molar refractivity (Wildman–Crippen MR) is 41.6 cm³/mol. The Kier molecular flexibility index (Phi) is 2.48. The van der Waals surface area contributed by atoms with Crippen molar-refractivity contribution < 1.29 is 0 Å². The molecule has 0 fully saturated rings. The van der Waals surface area contributed by atoms with E-state index < -0.39 is 0 Å². The molecule has 10 heavy (non-hydrogen) atoms. The molecule has 0 spiro atoms. The molecule has 0 amide bonds. The summed E-state index contributed by atoms with van der Waals surface area (Å²) in [6.07, 6.45) is 0. The molecule has 60 valence electrons. The van der Waals surface area contributed by atoms with Crippen molar-refractivity contribution in [1.82, 2.24) is 5.01 Å². The van der Waals surface area contributed by atoms with Gasteiger partial charge >= 0.3 is 0 Å². The molecular formula is C5H15N5. The normalized spacial score (nSPS) is 13.4. The van der Waals surface area contributed by atoms with E-state index in [0.29, 0.717) is 0 Å². The third kappa shape index (κ3) is 2.10. The summed E-state index contributed by atoms with van der Waals surface area (Å²) in [7, 11) is 0. The molecule has 0 aromatic rings. The maximum atomic E-state index is 5.50. The molecule has 0 bridgehead atoms. The molecular weight excluding hydrogens is 130 g/mol. The van der Waals surface area contributed by atoms with E-state index in [1.54, 1.807) is 0 Å². The fourth-order valence-electron chi connectivity index (χ4n) is 0.406. The SMILES string of the molecule is CC(C)(C)N(N)/C(N)=N\N. The third-order valence-electron chi connectivity index (χ3n) is 1.10. The van der Waals surface area contributed by atoms with Crippen LogP contribution in [0.2, 0.25) is 0 Å². The van der Waals surface area contributed by atoms with Gasteiger partial charge in [-0.25, -0.2) is 5.84 Å². The van der Waals surface area contributed by atoms with Gasteiger partial charge in [0.1, 0.15) is 0 Å². The average molecular weight is 145 g/mol. The molecule has 0 unspecified atom stereocenters. The monoisotopic (exact) mass is 145 g/mol. The zero-order valence-corrected chi connectivity index (χ0v) is 6.63. The summed E-state index contributed by atoms with van der Waals surface area (Å²) in [6.45, 7) is 5.72. The van der Waals surface area contributed by atoms with Crippen LogP contribution in [-0.2, 0) is 0 Å². The van der Waals surface area contributed by atoms with Crippen LogP contribution in [0.25, 0.3) is 0 Å². The molecule has 0 radical (unpaired) electrons. The Morgan fingerprint density at radius 2 is 1.80 bits per heavy atom. The van der Waals surface area contributed by atoms with E-state index in [1.807, 2.05) is 20.8 Å². The van der Waals surface area contributed by atoms with E-state index in [-0.39, 0.29) is 11.5 Å². The van der Waals surface area contributed by atoms with Crippen LogP contribution in [0.4, 0.5) is 0 Å². The van der Waals surface area contributed by atoms with Gasteiger partial charge in [0.05, 0.1) is 5.54 Å². The number of nitrogens with zero attached hydrogens (tertiary/aromatic N) is 2. The van der Waals surface area contributed by atoms with Crippen molar-refractivity contribution in [1.29, 1.82) is 0 Å². The number of hydrogen-bond donors (Lipinski definition) is 3. The zero-order valence-electron chi connectivity index (χ0n) is 6.63. The van der Waals surface area contributed by atoms with Crippen molar-refractivity contribution in [2.45, 2.75) is 26.3 Å². The van der Waals surface area contributed by atoms with Crippen LogP contribution in [0, 0.1) is 0 Å². The molecule has 0 aromatic heterocycles. The van der Waals surface area contributed by atoms with Crippen LogP contribution < -0.4 is 17.4 Å². The first-order valence-corrected chi connectivity index (χ1v) is 2.98. The fraction of sp³-hybridized carbons (Fsp3) is 0.800. The van der Waals surface area contributed by atoms with E-state index in [2.05, 4.69) is 5.10 Å². The maximum absolute atomic E-state index is 5.50. The van der Waals surface area contributed by atoms with Gasteiger partial charge in [-0.2, -0.15) is 0 Å². The molecule has 0 rings (SSSR count). The lowest BCUT2D eigenvalue weighted by Gasteiger charge is -2.31. The molecule has 0 saturated heterocycles. The molecule has 0 aromatic carbocycles. The molecule has 0 aliphatic carbocycles. The Morgan fingerprint density at radius 1 is 1.40 bits per heavy atom. The van der Waals surface area contributed by atoms with Gasteiger partial charge in [-0.05, 0) is 20.8 Å². The van der Waals surface area contributed by atoms with Crippen LogP contribution in [0.15, 0.2) is 5.10 Å². The quantitative estimate of drug-likeness (QED) is 0.179. The lowest BCUT2D eigenvalue weighted by atomic mass is 10.1. The third-order valence-corrected chi connectivity index (χ3v) is 1.10. The first-order chi connectivity index (χ1) is 4.39. The summed E-state index contributed by atoms with van der Waals surface area (Å²) in [5, 5.41) is 4.56. The first-order valence-electron chi connectivity index (χ1n) is 2.98. The minimum absolute atomic E-state index is 0.132. The van der Waals surface area contributed by atoms with Gasteiger partial charge in [0, 0.05) is 0 Å². The van der Waals surface area contributed by atoms with Crippen molar-refractivity contribution in [2.24, 2.45) is 22.5 Å². The molecule has 0 heterocycles. The number of rotatable bonds is 0. The van der Waals surface area contributed by atoms with Crippen molar-refractivity contribution >= 4 is 5.96 Å². The van der Waals surface area contributed by atoms with E-state index >= 15 is 0 Å². The lowest BCUT2D eigenvalue weighted by Crippen LogP contribution is -2.54. The molecule has 0 aliphatic rings. The first kappa shape index (κ1) is 9.03. The van der Waals surface area contributed by atoms with Crippen LogP contribution in [0.5, 0.6) is 0 Å². The predicted octanol–water partition coefficient (Wildman–Crippen LogP) is -0.851. The highest BCUT2D eigenvalue weighted by molar-refractivity contribution is 5.77. The van der Waals surface area contributed by atoms with Gasteiger partial charge in [0.25, 0.3) is 0 Å². The fourth-order valence-corrected chi connectivity index (χ4v) is 0.406. The highest BCUT2D eigenvalue weighted by Gasteiger charge is 2.19. The molecule has 0 atom stereocenters. The van der Waals surface area contributed by atoms with E-state index in [4.69, 9.17) is 17.4 Å². The van der Waals surface area contributed by atoms with Crippen LogP contribution in [0.1, 0.15) is 20.8 Å². The van der Waals surface area contributed by atoms with Crippen molar-refractivity contribution in [3.05, 3.63) is 0 Å². The summed E-state index contributed by atoms with van der Waals surface area (Å²) in [5.74, 6) is 10.5. The number of nitrogens with two attached hydrogens (primary N) is 3. The van der Waals surface area contributed by atoms with Crippen LogP contribution in [-0.4, -0.2) is 16.5 Å². The summed E-state index contributed by atoms with van der Waals surface area (Å²) in [4.78, 5) is 0. The lowest BCUT2D eigenvalue weighted by molar-refractivity contribution is 0.239. The van der Waals surface area contributed by atoms with Gasteiger partial charge in [-0.1, -0.05) is 0 Å². The molecule has 5 heteroatoms. The van der Waals surface area contributed by atoms with Gasteiger partial charge in [0.15, 0.2) is 0 Å². The Morgan fingerprint density at radius 3 is 1.90 bits per heavy atom. The molecule has 0 saturated carbocycles. The highest BCUT2D eigenvalue weighted by atomic mass is 15.5. The second-order valence-electron chi connectivity index (χ2n) is 3.03. The second-order valence-corrected chi connectivity index (χ2v) is 3.03. The summed E-state index contributed by atoms with van der Waals surface area (Å²) in [6, 6.07) is 0. The van der Waals surface area contributed by atoms with Crippen molar-refractivity contribution in [3.8, 4) is 0 Å². The average Bonchev–Trinajstić information content (AvgIpc) is 1.83. The van der Waals surface area contributed by atoms with Gasteiger partial charge in [-0.3, -0.25) is 5.01 Å². The minimum Gasteiger partial charge on any atom is -0.367 e. The van der Waals surface area contributed by atoms with E-state index in [9.17, 15) is 0 Å². The summed E-state index contributed by atoms with van der Waals surface area (Å²) >= 11 is 0. The molecule has 0 aliphatic heterocycles. The Labute approximate surface area is 60.8 Å². The molecule has 5 nitrogen and oxygen atoms in total. The van der Waals surface area contributed by atoms with Gasteiger partial charge < -0.3 is 11.6 Å². The van der Waals surface area contributed by atoms with E-state index in [0.717, 1.165) is 0 Å². The standard InChI is InChI=1S/C5H15N5/c1-5(2,3)10(8)4(6)9-7/h7-8H2,1-3H3,(H2,6,9). The largest absolute Gasteiger partial charge is 0.367 e. The minimum atomic E-state index is -0.243. The van der Waals surface area contributed by atoms with Gasteiger partial charge in [0.2, 0.25) is 5.96 Å². The topological polar surface area (TPSA) is 93.7 Å². The maximum Gasteiger partial charge on any atom is 0.228 e. The number of hydrazine groups is 1. The number of hydrogen-bond acceptors (Lipinski definition) is 3. The van der Waals surface area contributed by atoms with Crippen LogP contribution in [0.3, 0.4) is 0 Å². The van der Waals surface area contributed by atoms with E-state index in [1.165, 1.54) is 5.01 Å². The van der Waals surface area contributed by atoms with Crippen molar-refractivity contribution in [2.75, 3.05) is 0 Å². The smallest absolute Gasteiger partial charge is 0.228 e. The Hall–Kier alpha value is -0.970. The summed E-state index contributed by atoms with van der Waals surface area (Å²) in [5.41, 5.74) is 5.09. The number of guanidine groups is 1. The Balaban J connectivity index is 4.23. The summed E-state index contributed by atoms with van der Waals surface area (Å²) < 4.78 is 0. The second kappa shape index (κ2) is 2.74. The van der Waals surface area contributed by atoms with Crippen molar-refractivity contribution in [3.63, 3.8) is 0 Å². The molecule has 6 N–H and O–H groups in total. The van der Waals surface area contributed by atoms with Crippen LogP contribution >= 0.6 is 0 Å².